The molecule has 0 bridgehead atoms. The number of benzene rings is 1. The maximum absolute atomic E-state index is 12.3. The second kappa shape index (κ2) is 7.43. The van der Waals surface area contributed by atoms with Crippen molar-refractivity contribution in [3.8, 4) is 5.75 Å². The van der Waals surface area contributed by atoms with Crippen LogP contribution in [0.1, 0.15) is 23.6 Å². The smallest absolute Gasteiger partial charge is 0.327 e. The van der Waals surface area contributed by atoms with Gasteiger partial charge in [0.2, 0.25) is 0 Å². The third-order valence-electron chi connectivity index (χ3n) is 3.90. The van der Waals surface area contributed by atoms with Crippen molar-refractivity contribution < 1.29 is 14.3 Å². The second-order valence-corrected chi connectivity index (χ2v) is 5.29. The molecule has 1 saturated heterocycles. The number of nitrogens with one attached hydrogen (secondary N) is 1. The SMILES string of the molecule is COC(=O)C(c1ccc(OC)c(C)c1)N1CCCNCC1. The number of carbonyl (C=O) groups excluding carboxylic acids is 1. The minimum atomic E-state index is -0.348. The molecule has 5 nitrogen and oxygen atoms in total. The molecule has 1 N–H and O–H groups in total. The molecular weight excluding hydrogens is 268 g/mol. The van der Waals surface area contributed by atoms with Crippen molar-refractivity contribution in [1.82, 2.24) is 10.2 Å². The van der Waals surface area contributed by atoms with E-state index in [9.17, 15) is 4.79 Å². The molecule has 0 radical (unpaired) electrons. The van der Waals surface area contributed by atoms with E-state index in [1.807, 2.05) is 25.1 Å². The number of nitrogens with zero attached hydrogens (tertiary/aromatic N) is 1. The number of hydrogen-bond acceptors (Lipinski definition) is 5. The van der Waals surface area contributed by atoms with Crippen LogP contribution in [-0.4, -0.2) is 51.3 Å². The van der Waals surface area contributed by atoms with Gasteiger partial charge in [-0.05, 0) is 37.1 Å². The molecule has 1 aromatic carbocycles. The first-order valence-corrected chi connectivity index (χ1v) is 7.34. The zero-order chi connectivity index (χ0) is 15.2. The van der Waals surface area contributed by atoms with Crippen LogP contribution >= 0.6 is 0 Å². The highest BCUT2D eigenvalue weighted by molar-refractivity contribution is 5.77. The Bertz CT molecular complexity index is 482. The summed E-state index contributed by atoms with van der Waals surface area (Å²) >= 11 is 0. The highest BCUT2D eigenvalue weighted by atomic mass is 16.5. The monoisotopic (exact) mass is 292 g/mol. The summed E-state index contributed by atoms with van der Waals surface area (Å²) in [6.07, 6.45) is 1.03. The molecule has 1 unspecified atom stereocenters. The number of rotatable bonds is 4. The highest BCUT2D eigenvalue weighted by Crippen LogP contribution is 2.27. The Kier molecular flexibility index (Phi) is 5.59. The normalized spacial score (nSPS) is 17.9. The lowest BCUT2D eigenvalue weighted by molar-refractivity contribution is -0.147. The first kappa shape index (κ1) is 15.8. The Morgan fingerprint density at radius 1 is 1.29 bits per heavy atom. The molecule has 0 amide bonds. The standard InChI is InChI=1S/C16H24N2O3/c1-12-11-13(5-6-14(12)20-2)15(16(19)21-3)18-9-4-7-17-8-10-18/h5-6,11,15,17H,4,7-10H2,1-3H3. The van der Waals surface area contributed by atoms with Gasteiger partial charge in [-0.25, -0.2) is 4.79 Å². The Morgan fingerprint density at radius 2 is 2.10 bits per heavy atom. The van der Waals surface area contributed by atoms with E-state index >= 15 is 0 Å². The summed E-state index contributed by atoms with van der Waals surface area (Å²) in [6, 6.07) is 5.53. The van der Waals surface area contributed by atoms with Gasteiger partial charge >= 0.3 is 5.97 Å². The lowest BCUT2D eigenvalue weighted by atomic mass is 10.0. The van der Waals surface area contributed by atoms with Crippen LogP contribution in [0.5, 0.6) is 5.75 Å². The molecule has 0 aromatic heterocycles. The Balaban J connectivity index is 2.30. The van der Waals surface area contributed by atoms with Gasteiger partial charge in [-0.15, -0.1) is 0 Å². The maximum atomic E-state index is 12.3. The number of aryl methyl sites for hydroxylation is 1. The van der Waals surface area contributed by atoms with Crippen molar-refractivity contribution in [3.63, 3.8) is 0 Å². The molecule has 21 heavy (non-hydrogen) atoms. The quantitative estimate of drug-likeness (QED) is 0.853. The molecule has 0 aliphatic carbocycles. The van der Waals surface area contributed by atoms with Gasteiger partial charge in [0.05, 0.1) is 14.2 Å². The van der Waals surface area contributed by atoms with Gasteiger partial charge in [-0.1, -0.05) is 12.1 Å². The van der Waals surface area contributed by atoms with Crippen molar-refractivity contribution in [1.29, 1.82) is 0 Å². The van der Waals surface area contributed by atoms with Gasteiger partial charge in [0.15, 0.2) is 0 Å². The lowest BCUT2D eigenvalue weighted by Crippen LogP contribution is -2.37. The van der Waals surface area contributed by atoms with Gasteiger partial charge in [0, 0.05) is 19.6 Å². The Hall–Kier alpha value is -1.59. The fourth-order valence-corrected chi connectivity index (χ4v) is 2.80. The Labute approximate surface area is 126 Å². The van der Waals surface area contributed by atoms with Crippen LogP contribution in [-0.2, 0) is 9.53 Å². The minimum absolute atomic E-state index is 0.207. The van der Waals surface area contributed by atoms with Crippen LogP contribution in [0.4, 0.5) is 0 Å². The van der Waals surface area contributed by atoms with Gasteiger partial charge < -0.3 is 14.8 Å². The third-order valence-corrected chi connectivity index (χ3v) is 3.90. The fourth-order valence-electron chi connectivity index (χ4n) is 2.80. The lowest BCUT2D eigenvalue weighted by Gasteiger charge is -2.29. The van der Waals surface area contributed by atoms with Gasteiger partial charge in [-0.2, -0.15) is 0 Å². The highest BCUT2D eigenvalue weighted by Gasteiger charge is 2.29. The summed E-state index contributed by atoms with van der Waals surface area (Å²) in [5.74, 6) is 0.626. The first-order chi connectivity index (χ1) is 10.2. The number of carbonyl (C=O) groups is 1. The number of esters is 1. The molecule has 0 spiro atoms. The van der Waals surface area contributed by atoms with Crippen LogP contribution in [0.15, 0.2) is 18.2 Å². The summed E-state index contributed by atoms with van der Waals surface area (Å²) in [7, 11) is 3.10. The number of methoxy groups -OCH3 is 2. The molecular formula is C16H24N2O3. The van der Waals surface area contributed by atoms with E-state index in [0.717, 1.165) is 49.5 Å². The van der Waals surface area contributed by atoms with Crippen molar-refractivity contribution >= 4 is 5.97 Å². The van der Waals surface area contributed by atoms with Crippen LogP contribution < -0.4 is 10.1 Å². The van der Waals surface area contributed by atoms with Crippen LogP contribution in [0.3, 0.4) is 0 Å². The van der Waals surface area contributed by atoms with Gasteiger partial charge in [0.25, 0.3) is 0 Å². The zero-order valence-electron chi connectivity index (χ0n) is 13.0. The number of hydrogen-bond donors (Lipinski definition) is 1. The average molecular weight is 292 g/mol. The average Bonchev–Trinajstić information content (AvgIpc) is 2.76. The largest absolute Gasteiger partial charge is 0.496 e. The topological polar surface area (TPSA) is 50.8 Å². The van der Waals surface area contributed by atoms with E-state index < -0.39 is 0 Å². The molecule has 1 fully saturated rings. The van der Waals surface area contributed by atoms with Crippen molar-refractivity contribution in [3.05, 3.63) is 29.3 Å². The molecule has 0 saturated carbocycles. The summed E-state index contributed by atoms with van der Waals surface area (Å²) < 4.78 is 10.3. The predicted molar refractivity (Wildman–Crippen MR) is 81.5 cm³/mol. The fraction of sp³-hybridized carbons (Fsp3) is 0.562. The Morgan fingerprint density at radius 3 is 2.76 bits per heavy atom. The van der Waals surface area contributed by atoms with Gasteiger partial charge in [-0.3, -0.25) is 4.90 Å². The molecule has 2 rings (SSSR count). The van der Waals surface area contributed by atoms with E-state index in [4.69, 9.17) is 9.47 Å². The number of ether oxygens (including phenoxy) is 2. The zero-order valence-corrected chi connectivity index (χ0v) is 13.0. The second-order valence-electron chi connectivity index (χ2n) is 5.29. The van der Waals surface area contributed by atoms with Crippen LogP contribution in [0.25, 0.3) is 0 Å². The molecule has 1 heterocycles. The summed E-state index contributed by atoms with van der Waals surface area (Å²) in [6.45, 7) is 5.60. The molecule has 1 atom stereocenters. The van der Waals surface area contributed by atoms with E-state index in [1.165, 1.54) is 7.11 Å². The van der Waals surface area contributed by atoms with E-state index in [-0.39, 0.29) is 12.0 Å². The molecule has 5 heteroatoms. The minimum Gasteiger partial charge on any atom is -0.496 e. The summed E-state index contributed by atoms with van der Waals surface area (Å²) in [4.78, 5) is 14.5. The molecule has 116 valence electrons. The van der Waals surface area contributed by atoms with Crippen molar-refractivity contribution in [2.75, 3.05) is 40.4 Å². The third kappa shape index (κ3) is 3.74. The summed E-state index contributed by atoms with van der Waals surface area (Å²) in [5, 5.41) is 3.36. The predicted octanol–water partition coefficient (Wildman–Crippen LogP) is 1.51. The molecule has 1 aliphatic rings. The van der Waals surface area contributed by atoms with Crippen LogP contribution in [0.2, 0.25) is 0 Å². The maximum Gasteiger partial charge on any atom is 0.327 e. The first-order valence-electron chi connectivity index (χ1n) is 7.34. The van der Waals surface area contributed by atoms with Gasteiger partial charge in [0.1, 0.15) is 11.8 Å². The van der Waals surface area contributed by atoms with E-state index in [0.29, 0.717) is 0 Å². The van der Waals surface area contributed by atoms with E-state index in [2.05, 4.69) is 10.2 Å². The van der Waals surface area contributed by atoms with Crippen molar-refractivity contribution in [2.45, 2.75) is 19.4 Å². The van der Waals surface area contributed by atoms with Crippen molar-refractivity contribution in [2.24, 2.45) is 0 Å². The van der Waals surface area contributed by atoms with E-state index in [1.54, 1.807) is 7.11 Å². The van der Waals surface area contributed by atoms with Crippen LogP contribution in [0, 0.1) is 6.92 Å². The summed E-state index contributed by atoms with van der Waals surface area (Å²) in [5.41, 5.74) is 1.99. The molecule has 1 aromatic rings. The molecule has 1 aliphatic heterocycles.